The second kappa shape index (κ2) is 8.08. The summed E-state index contributed by atoms with van der Waals surface area (Å²) in [6.07, 6.45) is 2.36. The van der Waals surface area contributed by atoms with E-state index in [2.05, 4.69) is 22.3 Å². The Morgan fingerprint density at radius 3 is 2.28 bits per heavy atom. The van der Waals surface area contributed by atoms with Crippen LogP contribution in [0, 0.1) is 6.92 Å². The topological polar surface area (TPSA) is 49.4 Å². The van der Waals surface area contributed by atoms with E-state index in [1.165, 1.54) is 18.4 Å². The zero-order valence-corrected chi connectivity index (χ0v) is 14.6. The molecule has 1 fully saturated rings. The van der Waals surface area contributed by atoms with Gasteiger partial charge in [-0.2, -0.15) is 0 Å². The third-order valence-corrected chi connectivity index (χ3v) is 4.74. The number of hydrogen-bond acceptors (Lipinski definition) is 3. The van der Waals surface area contributed by atoms with E-state index < -0.39 is 11.7 Å². The number of aryl methyl sites for hydroxylation is 1. The predicted octanol–water partition coefficient (Wildman–Crippen LogP) is 3.13. The summed E-state index contributed by atoms with van der Waals surface area (Å²) < 4.78 is 0. The molecule has 2 aromatic carbocycles. The number of ketones is 1. The van der Waals surface area contributed by atoms with Crippen LogP contribution in [-0.2, 0) is 4.79 Å². The molecule has 1 saturated heterocycles. The van der Waals surface area contributed by atoms with Gasteiger partial charge in [-0.05, 0) is 38.4 Å². The number of nitrogens with one attached hydrogen (secondary N) is 1. The van der Waals surface area contributed by atoms with Crippen LogP contribution in [0.25, 0.3) is 0 Å². The predicted molar refractivity (Wildman–Crippen MR) is 98.5 cm³/mol. The monoisotopic (exact) mass is 336 g/mol. The van der Waals surface area contributed by atoms with Crippen LogP contribution in [0.1, 0.15) is 40.4 Å². The largest absolute Gasteiger partial charge is 0.347 e. The Bertz CT molecular complexity index is 719. The molecule has 1 unspecified atom stereocenters. The van der Waals surface area contributed by atoms with Crippen molar-refractivity contribution in [2.24, 2.45) is 0 Å². The highest BCUT2D eigenvalue weighted by Gasteiger charge is 2.25. The third kappa shape index (κ3) is 4.34. The molecule has 0 aliphatic carbocycles. The van der Waals surface area contributed by atoms with E-state index >= 15 is 0 Å². The van der Waals surface area contributed by atoms with Gasteiger partial charge in [0.15, 0.2) is 0 Å². The molecule has 0 aromatic heterocycles. The van der Waals surface area contributed by atoms with Crippen LogP contribution in [0.4, 0.5) is 0 Å². The van der Waals surface area contributed by atoms with Gasteiger partial charge < -0.3 is 5.32 Å². The summed E-state index contributed by atoms with van der Waals surface area (Å²) in [5.41, 5.74) is 2.67. The van der Waals surface area contributed by atoms with Gasteiger partial charge in [0.1, 0.15) is 0 Å². The fourth-order valence-electron chi connectivity index (χ4n) is 3.29. The number of carbonyl (C=O) groups is 2. The first-order chi connectivity index (χ1) is 12.1. The summed E-state index contributed by atoms with van der Waals surface area (Å²) in [5, 5.41) is 2.84. The van der Waals surface area contributed by atoms with Gasteiger partial charge in [0.05, 0.1) is 6.04 Å². The van der Waals surface area contributed by atoms with E-state index in [1.54, 1.807) is 12.1 Å². The maximum absolute atomic E-state index is 12.3. The van der Waals surface area contributed by atoms with Crippen molar-refractivity contribution in [3.63, 3.8) is 0 Å². The standard InChI is InChI=1S/C21H24N2O2/c1-16-9-11-18(12-10-16)20(24)21(25)22-15-19(23-13-5-6-14-23)17-7-3-2-4-8-17/h2-4,7-12,19H,5-6,13-15H2,1H3,(H,22,25). The highest BCUT2D eigenvalue weighted by atomic mass is 16.2. The van der Waals surface area contributed by atoms with E-state index in [9.17, 15) is 9.59 Å². The second-order valence-corrected chi connectivity index (χ2v) is 6.57. The molecule has 1 heterocycles. The van der Waals surface area contributed by atoms with Crippen molar-refractivity contribution in [1.29, 1.82) is 0 Å². The maximum Gasteiger partial charge on any atom is 0.292 e. The normalized spacial score (nSPS) is 15.7. The van der Waals surface area contributed by atoms with Crippen LogP contribution in [0.2, 0.25) is 0 Å². The summed E-state index contributed by atoms with van der Waals surface area (Å²) in [5.74, 6) is -1.02. The number of rotatable bonds is 6. The molecule has 2 aromatic rings. The molecule has 0 radical (unpaired) electrons. The number of Topliss-reactive ketones (excluding diaryl/α,β-unsaturated/α-hetero) is 1. The first kappa shape index (κ1) is 17.4. The minimum atomic E-state index is -0.538. The number of hydrogen-bond donors (Lipinski definition) is 1. The van der Waals surface area contributed by atoms with Crippen LogP contribution < -0.4 is 5.32 Å². The van der Waals surface area contributed by atoms with Gasteiger partial charge in [-0.25, -0.2) is 0 Å². The molecule has 130 valence electrons. The molecule has 0 spiro atoms. The molecule has 1 atom stereocenters. The van der Waals surface area contributed by atoms with E-state index in [0.717, 1.165) is 18.7 Å². The van der Waals surface area contributed by atoms with Gasteiger partial charge in [-0.1, -0.05) is 60.2 Å². The minimum absolute atomic E-state index is 0.110. The highest BCUT2D eigenvalue weighted by Crippen LogP contribution is 2.24. The lowest BCUT2D eigenvalue weighted by Crippen LogP contribution is -2.39. The molecular weight excluding hydrogens is 312 g/mol. The van der Waals surface area contributed by atoms with Crippen molar-refractivity contribution in [2.45, 2.75) is 25.8 Å². The van der Waals surface area contributed by atoms with Gasteiger partial charge in [0.25, 0.3) is 5.91 Å². The quantitative estimate of drug-likeness (QED) is 0.651. The lowest BCUT2D eigenvalue weighted by atomic mass is 10.0. The van der Waals surface area contributed by atoms with Crippen molar-refractivity contribution < 1.29 is 9.59 Å². The Labute approximate surface area is 148 Å². The second-order valence-electron chi connectivity index (χ2n) is 6.57. The third-order valence-electron chi connectivity index (χ3n) is 4.74. The van der Waals surface area contributed by atoms with E-state index in [1.807, 2.05) is 37.3 Å². The van der Waals surface area contributed by atoms with Crippen LogP contribution in [-0.4, -0.2) is 36.2 Å². The Hall–Kier alpha value is -2.46. The molecule has 0 bridgehead atoms. The minimum Gasteiger partial charge on any atom is -0.347 e. The molecule has 1 amide bonds. The molecule has 1 aliphatic heterocycles. The van der Waals surface area contributed by atoms with Gasteiger partial charge in [0.2, 0.25) is 5.78 Å². The Balaban J connectivity index is 1.67. The van der Waals surface area contributed by atoms with Crippen LogP contribution >= 0.6 is 0 Å². The van der Waals surface area contributed by atoms with Crippen LogP contribution in [0.5, 0.6) is 0 Å². The first-order valence-electron chi connectivity index (χ1n) is 8.83. The Kier molecular flexibility index (Phi) is 5.61. The van der Waals surface area contributed by atoms with Crippen LogP contribution in [0.3, 0.4) is 0 Å². The molecule has 0 saturated carbocycles. The van der Waals surface area contributed by atoms with Crippen molar-refractivity contribution in [2.75, 3.05) is 19.6 Å². The zero-order chi connectivity index (χ0) is 17.6. The lowest BCUT2D eigenvalue weighted by Gasteiger charge is -2.28. The molecule has 4 heteroatoms. The number of benzene rings is 2. The summed E-state index contributed by atoms with van der Waals surface area (Å²) in [6.45, 7) is 4.46. The molecular formula is C21H24N2O2. The fraction of sp³-hybridized carbons (Fsp3) is 0.333. The summed E-state index contributed by atoms with van der Waals surface area (Å²) in [6, 6.07) is 17.4. The van der Waals surface area contributed by atoms with Crippen molar-refractivity contribution in [3.8, 4) is 0 Å². The van der Waals surface area contributed by atoms with Crippen molar-refractivity contribution >= 4 is 11.7 Å². The van der Waals surface area contributed by atoms with Gasteiger partial charge in [-0.15, -0.1) is 0 Å². The van der Waals surface area contributed by atoms with Gasteiger partial charge in [0, 0.05) is 12.1 Å². The number of likely N-dealkylation sites (tertiary alicyclic amines) is 1. The summed E-state index contributed by atoms with van der Waals surface area (Å²) in [7, 11) is 0. The number of amides is 1. The fourth-order valence-corrected chi connectivity index (χ4v) is 3.29. The smallest absolute Gasteiger partial charge is 0.292 e. The Morgan fingerprint density at radius 1 is 1.00 bits per heavy atom. The highest BCUT2D eigenvalue weighted by molar-refractivity contribution is 6.42. The van der Waals surface area contributed by atoms with E-state index in [4.69, 9.17) is 0 Å². The van der Waals surface area contributed by atoms with E-state index in [0.29, 0.717) is 12.1 Å². The average molecular weight is 336 g/mol. The summed E-state index contributed by atoms with van der Waals surface area (Å²) >= 11 is 0. The number of nitrogens with zero attached hydrogens (tertiary/aromatic N) is 1. The molecule has 1 N–H and O–H groups in total. The zero-order valence-electron chi connectivity index (χ0n) is 14.6. The van der Waals surface area contributed by atoms with Gasteiger partial charge >= 0.3 is 0 Å². The van der Waals surface area contributed by atoms with Crippen molar-refractivity contribution in [3.05, 3.63) is 71.3 Å². The van der Waals surface area contributed by atoms with E-state index in [-0.39, 0.29) is 6.04 Å². The lowest BCUT2D eigenvalue weighted by molar-refractivity contribution is -0.117. The Morgan fingerprint density at radius 2 is 1.64 bits per heavy atom. The van der Waals surface area contributed by atoms with Crippen molar-refractivity contribution in [1.82, 2.24) is 10.2 Å². The maximum atomic E-state index is 12.3. The number of carbonyl (C=O) groups excluding carboxylic acids is 2. The van der Waals surface area contributed by atoms with Gasteiger partial charge in [-0.3, -0.25) is 14.5 Å². The molecule has 3 rings (SSSR count). The molecule has 4 nitrogen and oxygen atoms in total. The molecule has 25 heavy (non-hydrogen) atoms. The summed E-state index contributed by atoms with van der Waals surface area (Å²) in [4.78, 5) is 27.0. The van der Waals surface area contributed by atoms with Crippen LogP contribution in [0.15, 0.2) is 54.6 Å². The SMILES string of the molecule is Cc1ccc(C(=O)C(=O)NCC(c2ccccc2)N2CCCC2)cc1. The molecule has 1 aliphatic rings. The first-order valence-corrected chi connectivity index (χ1v) is 8.83. The average Bonchev–Trinajstić information content (AvgIpc) is 3.17.